The van der Waals surface area contributed by atoms with Crippen molar-refractivity contribution in [1.82, 2.24) is 0 Å². The molecule has 1 unspecified atom stereocenters. The maximum atomic E-state index is 11.6. The molecule has 0 saturated heterocycles. The van der Waals surface area contributed by atoms with Gasteiger partial charge in [-0.15, -0.1) is 0 Å². The van der Waals surface area contributed by atoms with E-state index < -0.39 is 30.2 Å². The molecule has 23 heavy (non-hydrogen) atoms. The Labute approximate surface area is 132 Å². The normalized spacial score (nSPS) is 13.8. The maximum Gasteiger partial charge on any atom is 0.356 e. The van der Waals surface area contributed by atoms with Crippen molar-refractivity contribution >= 4 is 12.9 Å². The molecule has 2 rings (SSSR count). The van der Waals surface area contributed by atoms with Gasteiger partial charge in [0.2, 0.25) is 0 Å². The third kappa shape index (κ3) is 3.55. The molecule has 0 saturated carbocycles. The largest absolute Gasteiger partial charge is 0.508 e. The molecule has 0 heterocycles. The molecule has 8 heteroatoms. The summed E-state index contributed by atoms with van der Waals surface area (Å²) >= 11 is 0. The quantitative estimate of drug-likeness (QED) is 0.358. The van der Waals surface area contributed by atoms with Crippen LogP contribution in [0, 0.1) is 0 Å². The number of aromatic hydroxyl groups is 2. The van der Waals surface area contributed by atoms with E-state index in [0.717, 1.165) is 18.2 Å². The Morgan fingerprint density at radius 3 is 2.00 bits per heavy atom. The average molecular weight is 340 g/mol. The Kier molecular flexibility index (Phi) is 4.52. The first-order valence-corrected chi connectivity index (χ1v) is 8.28. The fourth-order valence-corrected chi connectivity index (χ4v) is 3.11. The monoisotopic (exact) mass is 340 g/mol. The van der Waals surface area contributed by atoms with Gasteiger partial charge < -0.3 is 30.2 Å². The Morgan fingerprint density at radius 2 is 1.48 bits per heavy atom. The van der Waals surface area contributed by atoms with Crippen LogP contribution in [0.1, 0.15) is 24.0 Å². The molecule has 6 N–H and O–H groups in total. The molecule has 2 aromatic rings. The van der Waals surface area contributed by atoms with Crippen molar-refractivity contribution in [3.05, 3.63) is 53.6 Å². The number of aliphatic hydroxyl groups is 2. The zero-order chi connectivity index (χ0) is 17.4. The topological polar surface area (TPSA) is 138 Å². The highest BCUT2D eigenvalue weighted by Gasteiger charge is 2.40. The Balaban J connectivity index is 2.56. The predicted molar refractivity (Wildman–Crippen MR) is 82.4 cm³/mol. The molecule has 124 valence electrons. The molecule has 7 nitrogen and oxygen atoms in total. The summed E-state index contributed by atoms with van der Waals surface area (Å²) in [6, 6.07) is 8.55. The van der Waals surface area contributed by atoms with Crippen LogP contribution in [0.3, 0.4) is 0 Å². The van der Waals surface area contributed by atoms with E-state index in [-0.39, 0.29) is 11.5 Å². The van der Waals surface area contributed by atoms with Gasteiger partial charge in [-0.1, -0.05) is 19.1 Å². The van der Waals surface area contributed by atoms with Crippen molar-refractivity contribution in [2.75, 3.05) is 0 Å². The fraction of sp³-hybridized carbons (Fsp3) is 0.200. The second-order valence-electron chi connectivity index (χ2n) is 5.28. The van der Waals surface area contributed by atoms with Crippen LogP contribution in [0.5, 0.6) is 11.5 Å². The second kappa shape index (κ2) is 5.96. The third-order valence-electron chi connectivity index (χ3n) is 3.69. The Bertz CT molecular complexity index is 749. The minimum absolute atomic E-state index is 0.00399. The van der Waals surface area contributed by atoms with Crippen molar-refractivity contribution in [2.45, 2.75) is 18.6 Å². The van der Waals surface area contributed by atoms with Gasteiger partial charge in [0.1, 0.15) is 11.5 Å². The lowest BCUT2D eigenvalue weighted by atomic mass is 9.87. The van der Waals surface area contributed by atoms with Gasteiger partial charge in [0.25, 0.3) is 0 Å². The highest BCUT2D eigenvalue weighted by molar-refractivity contribution is 7.60. The van der Waals surface area contributed by atoms with Crippen molar-refractivity contribution in [2.24, 2.45) is 0 Å². The molecule has 0 aromatic heterocycles. The van der Waals surface area contributed by atoms with Gasteiger partial charge in [0.15, 0.2) is 5.79 Å². The molecule has 0 aliphatic heterocycles. The van der Waals surface area contributed by atoms with Crippen LogP contribution >= 0.6 is 7.60 Å². The van der Waals surface area contributed by atoms with Gasteiger partial charge >= 0.3 is 7.60 Å². The lowest BCUT2D eigenvalue weighted by molar-refractivity contribution is -0.184. The highest BCUT2D eigenvalue weighted by Crippen LogP contribution is 2.42. The lowest BCUT2D eigenvalue weighted by Gasteiger charge is -2.31. The predicted octanol–water partition coefficient (Wildman–Crippen LogP) is 0.842. The van der Waals surface area contributed by atoms with E-state index in [2.05, 4.69) is 0 Å². The van der Waals surface area contributed by atoms with Crippen LogP contribution in [0.2, 0.25) is 0 Å². The van der Waals surface area contributed by atoms with E-state index in [1.807, 2.05) is 0 Å². The van der Waals surface area contributed by atoms with E-state index >= 15 is 0 Å². The minimum Gasteiger partial charge on any atom is -0.508 e. The molecular weight excluding hydrogens is 323 g/mol. The zero-order valence-electron chi connectivity index (χ0n) is 12.2. The van der Waals surface area contributed by atoms with Crippen molar-refractivity contribution in [3.63, 3.8) is 0 Å². The van der Waals surface area contributed by atoms with Crippen LogP contribution in [0.4, 0.5) is 0 Å². The molecule has 0 aliphatic rings. The smallest absolute Gasteiger partial charge is 0.356 e. The lowest BCUT2D eigenvalue weighted by Crippen LogP contribution is -2.36. The fourth-order valence-electron chi connectivity index (χ4n) is 2.30. The zero-order valence-corrected chi connectivity index (χ0v) is 13.1. The first-order chi connectivity index (χ1) is 10.5. The van der Waals surface area contributed by atoms with Crippen LogP contribution in [-0.2, 0) is 10.4 Å². The van der Waals surface area contributed by atoms with Crippen LogP contribution in [0.15, 0.2) is 42.5 Å². The summed E-state index contributed by atoms with van der Waals surface area (Å²) in [5.74, 6) is -4.00. The molecular formula is C15H17O7P. The summed E-state index contributed by atoms with van der Waals surface area (Å²) in [5.41, 5.74) is -0.0563. The summed E-state index contributed by atoms with van der Waals surface area (Å²) in [4.78, 5) is 18.8. The standard InChI is InChI=1S/C15H17O7P/c1-9(10-2-4-11(16)5-3-10)15(18,19)13-8-12(17)6-7-14(13)23(20,21)22/h2-9,16-19H,1H3,(H2,20,21,22). The summed E-state index contributed by atoms with van der Waals surface area (Å²) in [5, 5.41) is 39.2. The molecule has 0 bridgehead atoms. The molecule has 0 fully saturated rings. The first-order valence-electron chi connectivity index (χ1n) is 6.66. The van der Waals surface area contributed by atoms with Crippen LogP contribution < -0.4 is 5.30 Å². The molecule has 0 amide bonds. The number of hydrogen-bond donors (Lipinski definition) is 6. The average Bonchev–Trinajstić information content (AvgIpc) is 2.46. The number of rotatable bonds is 4. The van der Waals surface area contributed by atoms with Gasteiger partial charge in [-0.05, 0) is 35.9 Å². The van der Waals surface area contributed by atoms with E-state index in [0.29, 0.717) is 5.56 Å². The van der Waals surface area contributed by atoms with Crippen LogP contribution in [0.25, 0.3) is 0 Å². The van der Waals surface area contributed by atoms with E-state index in [9.17, 15) is 34.8 Å². The van der Waals surface area contributed by atoms with Gasteiger partial charge in [-0.3, -0.25) is 4.57 Å². The Morgan fingerprint density at radius 1 is 0.957 bits per heavy atom. The van der Waals surface area contributed by atoms with Gasteiger partial charge in [0.05, 0.1) is 5.30 Å². The number of phenolic OH excluding ortho intramolecular Hbond substituents is 2. The Hall–Kier alpha value is -1.89. The maximum absolute atomic E-state index is 11.6. The SMILES string of the molecule is CC(c1ccc(O)cc1)C(O)(O)c1cc(O)ccc1P(=O)(O)O. The van der Waals surface area contributed by atoms with E-state index in [4.69, 9.17) is 0 Å². The number of hydrogen-bond acceptors (Lipinski definition) is 5. The second-order valence-corrected chi connectivity index (χ2v) is 6.85. The highest BCUT2D eigenvalue weighted by atomic mass is 31.2. The van der Waals surface area contributed by atoms with Crippen molar-refractivity contribution in [3.8, 4) is 11.5 Å². The summed E-state index contributed by atoms with van der Waals surface area (Å²) in [6.07, 6.45) is 0. The van der Waals surface area contributed by atoms with E-state index in [1.165, 1.54) is 31.2 Å². The summed E-state index contributed by atoms with van der Waals surface area (Å²) < 4.78 is 11.6. The van der Waals surface area contributed by atoms with Gasteiger partial charge in [-0.25, -0.2) is 0 Å². The third-order valence-corrected chi connectivity index (χ3v) is 4.70. The molecule has 0 spiro atoms. The van der Waals surface area contributed by atoms with Gasteiger partial charge in [-0.2, -0.15) is 0 Å². The minimum atomic E-state index is -4.78. The van der Waals surface area contributed by atoms with Crippen molar-refractivity contribution in [1.29, 1.82) is 0 Å². The summed E-state index contributed by atoms with van der Waals surface area (Å²) in [7, 11) is -4.78. The van der Waals surface area contributed by atoms with E-state index in [1.54, 1.807) is 0 Å². The molecule has 0 aliphatic carbocycles. The first kappa shape index (κ1) is 17.5. The number of phenols is 2. The number of benzene rings is 2. The molecule has 0 radical (unpaired) electrons. The molecule has 2 aromatic carbocycles. The molecule has 1 atom stereocenters. The van der Waals surface area contributed by atoms with Gasteiger partial charge in [0, 0.05) is 11.5 Å². The summed E-state index contributed by atoms with van der Waals surface area (Å²) in [6.45, 7) is 1.44. The van der Waals surface area contributed by atoms with Crippen LogP contribution in [-0.4, -0.2) is 30.2 Å². The van der Waals surface area contributed by atoms with Crippen molar-refractivity contribution < 1.29 is 34.8 Å².